The molecule has 2 aliphatic rings. The van der Waals surface area contributed by atoms with Crippen molar-refractivity contribution < 1.29 is 13.2 Å². The summed E-state index contributed by atoms with van der Waals surface area (Å²) >= 11 is 0. The highest BCUT2D eigenvalue weighted by atomic mass is 35.5. The van der Waals surface area contributed by atoms with Crippen LogP contribution in [0.15, 0.2) is 24.3 Å². The molecule has 1 aromatic carbocycles. The molecule has 3 atom stereocenters. The zero-order valence-electron chi connectivity index (χ0n) is 14.3. The van der Waals surface area contributed by atoms with Gasteiger partial charge in [0.1, 0.15) is 0 Å². The lowest BCUT2D eigenvalue weighted by atomic mass is 9.85. The summed E-state index contributed by atoms with van der Waals surface area (Å²) in [5.74, 6) is 0.646. The van der Waals surface area contributed by atoms with E-state index in [1.807, 2.05) is 0 Å². The lowest BCUT2D eigenvalue weighted by Crippen LogP contribution is -2.39. The molecule has 140 valence electrons. The average Bonchev–Trinajstić information content (AvgIpc) is 3.01. The third-order valence-electron chi connectivity index (χ3n) is 4.99. The molecule has 1 aromatic rings. The first-order valence-electron chi connectivity index (χ1n) is 8.64. The molecule has 6 nitrogen and oxygen atoms in total. The van der Waals surface area contributed by atoms with E-state index in [0.717, 1.165) is 6.42 Å². The molecule has 0 aromatic heterocycles. The fourth-order valence-electron chi connectivity index (χ4n) is 3.62. The number of carbonyl (C=O) groups is 1. The Kier molecular flexibility index (Phi) is 6.71. The summed E-state index contributed by atoms with van der Waals surface area (Å²) in [6.45, 7) is 1.59. The summed E-state index contributed by atoms with van der Waals surface area (Å²) in [6, 6.07) is 7.10. The molecule has 1 aliphatic heterocycles. The van der Waals surface area contributed by atoms with Crippen molar-refractivity contribution in [1.82, 2.24) is 5.32 Å². The van der Waals surface area contributed by atoms with Crippen molar-refractivity contribution in [2.24, 2.45) is 5.92 Å². The standard InChI is InChI=1S/C17H25N3O3S.ClH/c1-2-24(22,23)20-14-9-7-13(8-10-14)18-17(21)16-11-12-5-3-4-6-15(12)19-16;/h7-10,12,15-16,19-20H,2-6,11H2,1H3,(H,18,21);1H. The van der Waals surface area contributed by atoms with Crippen molar-refractivity contribution in [3.05, 3.63) is 24.3 Å². The van der Waals surface area contributed by atoms with Gasteiger partial charge in [-0.15, -0.1) is 12.4 Å². The van der Waals surface area contributed by atoms with Crippen LogP contribution in [0.1, 0.15) is 39.0 Å². The third kappa shape index (κ3) is 5.09. The van der Waals surface area contributed by atoms with E-state index in [2.05, 4.69) is 15.4 Å². The third-order valence-corrected chi connectivity index (χ3v) is 6.29. The second kappa shape index (κ2) is 8.38. The smallest absolute Gasteiger partial charge is 0.241 e. The van der Waals surface area contributed by atoms with Gasteiger partial charge in [-0.05, 0) is 56.4 Å². The van der Waals surface area contributed by atoms with Gasteiger partial charge in [0.15, 0.2) is 0 Å². The Labute approximate surface area is 155 Å². The number of benzene rings is 1. The molecular formula is C17H26ClN3O3S. The number of hydrogen-bond acceptors (Lipinski definition) is 4. The summed E-state index contributed by atoms with van der Waals surface area (Å²) in [5, 5.41) is 6.38. The molecule has 2 fully saturated rings. The van der Waals surface area contributed by atoms with Gasteiger partial charge in [-0.2, -0.15) is 0 Å². The summed E-state index contributed by atoms with van der Waals surface area (Å²) < 4.78 is 25.6. The summed E-state index contributed by atoms with van der Waals surface area (Å²) in [4.78, 5) is 12.4. The maximum Gasteiger partial charge on any atom is 0.241 e. The molecular weight excluding hydrogens is 362 g/mol. The average molecular weight is 388 g/mol. The second-order valence-corrected chi connectivity index (χ2v) is 8.69. The predicted octanol–water partition coefficient (Wildman–Crippen LogP) is 2.73. The van der Waals surface area contributed by atoms with E-state index in [4.69, 9.17) is 0 Å². The highest BCUT2D eigenvalue weighted by molar-refractivity contribution is 7.92. The van der Waals surface area contributed by atoms with E-state index in [9.17, 15) is 13.2 Å². The Morgan fingerprint density at radius 2 is 1.80 bits per heavy atom. The van der Waals surface area contributed by atoms with E-state index in [-0.39, 0.29) is 30.1 Å². The fraction of sp³-hybridized carbons (Fsp3) is 0.588. The molecule has 3 rings (SSSR count). The molecule has 1 aliphatic carbocycles. The topological polar surface area (TPSA) is 87.3 Å². The Morgan fingerprint density at radius 3 is 2.44 bits per heavy atom. The minimum atomic E-state index is -3.28. The number of hydrogen-bond donors (Lipinski definition) is 3. The number of fused-ring (bicyclic) bond motifs is 1. The molecule has 1 heterocycles. The van der Waals surface area contributed by atoms with Gasteiger partial charge in [-0.3, -0.25) is 9.52 Å². The van der Waals surface area contributed by atoms with Gasteiger partial charge < -0.3 is 10.6 Å². The van der Waals surface area contributed by atoms with Gasteiger partial charge in [0.2, 0.25) is 15.9 Å². The maximum absolute atomic E-state index is 12.4. The van der Waals surface area contributed by atoms with Gasteiger partial charge in [0.05, 0.1) is 11.8 Å². The highest BCUT2D eigenvalue weighted by Gasteiger charge is 2.38. The minimum Gasteiger partial charge on any atom is -0.325 e. The molecule has 3 unspecified atom stereocenters. The first-order chi connectivity index (χ1) is 11.5. The van der Waals surface area contributed by atoms with E-state index < -0.39 is 10.0 Å². The molecule has 3 N–H and O–H groups in total. The second-order valence-electron chi connectivity index (χ2n) is 6.68. The Balaban J connectivity index is 0.00000225. The van der Waals surface area contributed by atoms with Crippen LogP contribution in [-0.2, 0) is 14.8 Å². The molecule has 1 saturated carbocycles. The number of anilines is 2. The molecule has 1 saturated heterocycles. The molecule has 0 bridgehead atoms. The van der Waals surface area contributed by atoms with Crippen LogP contribution in [0.25, 0.3) is 0 Å². The molecule has 0 spiro atoms. The van der Waals surface area contributed by atoms with Crippen molar-refractivity contribution in [3.63, 3.8) is 0 Å². The molecule has 25 heavy (non-hydrogen) atoms. The quantitative estimate of drug-likeness (QED) is 0.724. The minimum absolute atomic E-state index is 0. The van der Waals surface area contributed by atoms with Crippen LogP contribution in [0.4, 0.5) is 11.4 Å². The summed E-state index contributed by atoms with van der Waals surface area (Å²) in [5.41, 5.74) is 1.18. The monoisotopic (exact) mass is 387 g/mol. The Hall–Kier alpha value is -1.31. The number of carbonyl (C=O) groups excluding carboxylic acids is 1. The summed E-state index contributed by atoms with van der Waals surface area (Å²) in [6.07, 6.45) is 5.81. The highest BCUT2D eigenvalue weighted by Crippen LogP contribution is 2.33. The molecule has 8 heteroatoms. The number of amides is 1. The zero-order chi connectivity index (χ0) is 17.2. The Bertz CT molecular complexity index is 680. The van der Waals surface area contributed by atoms with Crippen LogP contribution in [0.3, 0.4) is 0 Å². The lowest BCUT2D eigenvalue weighted by molar-refractivity contribution is -0.117. The zero-order valence-corrected chi connectivity index (χ0v) is 16.0. The van der Waals surface area contributed by atoms with Crippen molar-refractivity contribution in [2.45, 2.75) is 51.1 Å². The van der Waals surface area contributed by atoms with Crippen molar-refractivity contribution >= 4 is 39.7 Å². The van der Waals surface area contributed by atoms with Crippen molar-refractivity contribution in [3.8, 4) is 0 Å². The van der Waals surface area contributed by atoms with Gasteiger partial charge in [0.25, 0.3) is 0 Å². The first-order valence-corrected chi connectivity index (χ1v) is 10.3. The van der Waals surface area contributed by atoms with Gasteiger partial charge in [-0.25, -0.2) is 8.42 Å². The van der Waals surface area contributed by atoms with E-state index >= 15 is 0 Å². The Morgan fingerprint density at radius 1 is 1.16 bits per heavy atom. The predicted molar refractivity (Wildman–Crippen MR) is 103 cm³/mol. The van der Waals surface area contributed by atoms with Gasteiger partial charge in [-0.1, -0.05) is 12.8 Å². The van der Waals surface area contributed by atoms with Gasteiger partial charge >= 0.3 is 0 Å². The maximum atomic E-state index is 12.4. The van der Waals surface area contributed by atoms with Crippen LogP contribution in [0.5, 0.6) is 0 Å². The van der Waals surface area contributed by atoms with E-state index in [0.29, 0.717) is 23.3 Å². The normalized spacial score (nSPS) is 25.6. The number of rotatable bonds is 5. The summed E-state index contributed by atoms with van der Waals surface area (Å²) in [7, 11) is -3.28. The van der Waals surface area contributed by atoms with Gasteiger partial charge in [0, 0.05) is 17.4 Å². The molecule has 0 radical (unpaired) electrons. The van der Waals surface area contributed by atoms with Crippen molar-refractivity contribution in [1.29, 1.82) is 0 Å². The fourth-order valence-corrected chi connectivity index (χ4v) is 4.26. The van der Waals surface area contributed by atoms with Crippen LogP contribution in [-0.4, -0.2) is 32.2 Å². The van der Waals surface area contributed by atoms with Crippen molar-refractivity contribution in [2.75, 3.05) is 15.8 Å². The van der Waals surface area contributed by atoms with Crippen LogP contribution in [0.2, 0.25) is 0 Å². The van der Waals surface area contributed by atoms with Crippen LogP contribution in [0, 0.1) is 5.92 Å². The van der Waals surface area contributed by atoms with Crippen LogP contribution >= 0.6 is 12.4 Å². The van der Waals surface area contributed by atoms with Crippen LogP contribution < -0.4 is 15.4 Å². The van der Waals surface area contributed by atoms with E-state index in [1.165, 1.54) is 25.7 Å². The number of halogens is 1. The number of sulfonamides is 1. The first kappa shape index (κ1) is 20.0. The SMILES string of the molecule is CCS(=O)(=O)Nc1ccc(NC(=O)C2CC3CCCCC3N2)cc1.Cl. The number of nitrogens with one attached hydrogen (secondary N) is 3. The largest absolute Gasteiger partial charge is 0.325 e. The van der Waals surface area contributed by atoms with E-state index in [1.54, 1.807) is 31.2 Å². The molecule has 1 amide bonds. The lowest BCUT2D eigenvalue weighted by Gasteiger charge is -2.24.